The number of hydrogen-bond acceptors (Lipinski definition) is 3. The van der Waals surface area contributed by atoms with Gasteiger partial charge in [0.05, 0.1) is 12.1 Å². The van der Waals surface area contributed by atoms with Crippen LogP contribution in [0.15, 0.2) is 30.3 Å². The van der Waals surface area contributed by atoms with E-state index < -0.39 is 12.1 Å². The van der Waals surface area contributed by atoms with E-state index >= 15 is 0 Å². The van der Waals surface area contributed by atoms with Crippen molar-refractivity contribution in [2.75, 3.05) is 6.54 Å². The number of rotatable bonds is 6. The molecule has 4 N–H and O–H groups in total. The second-order valence-electron chi connectivity index (χ2n) is 4.46. The van der Waals surface area contributed by atoms with Crippen LogP contribution >= 0.6 is 0 Å². The highest BCUT2D eigenvalue weighted by Crippen LogP contribution is 2.11. The standard InChI is InChI=1S/C13H20N2O2/c1-9(2)12(13(14)17)15-8-11(16)10-6-4-3-5-7-10/h3-7,9,11-12,15-16H,8H2,1-2H3,(H2,14,17). The van der Waals surface area contributed by atoms with Gasteiger partial charge in [-0.15, -0.1) is 0 Å². The molecule has 1 aromatic rings. The Kier molecular flexibility index (Phi) is 5.12. The maximum absolute atomic E-state index is 11.2. The lowest BCUT2D eigenvalue weighted by atomic mass is 10.0. The number of nitrogens with two attached hydrogens (primary N) is 1. The molecule has 0 fully saturated rings. The van der Waals surface area contributed by atoms with E-state index in [-0.39, 0.29) is 11.8 Å². The first kappa shape index (κ1) is 13.7. The Morgan fingerprint density at radius 3 is 2.41 bits per heavy atom. The molecule has 0 aliphatic rings. The van der Waals surface area contributed by atoms with Gasteiger partial charge in [-0.25, -0.2) is 0 Å². The Bertz CT molecular complexity index is 352. The van der Waals surface area contributed by atoms with E-state index in [4.69, 9.17) is 5.73 Å². The molecule has 94 valence electrons. The molecular weight excluding hydrogens is 216 g/mol. The summed E-state index contributed by atoms with van der Waals surface area (Å²) in [5.74, 6) is -0.282. The molecule has 1 aromatic carbocycles. The second-order valence-corrected chi connectivity index (χ2v) is 4.46. The lowest BCUT2D eigenvalue weighted by Gasteiger charge is -2.21. The predicted octanol–water partition coefficient (Wildman–Crippen LogP) is 0.820. The van der Waals surface area contributed by atoms with Crippen LogP contribution in [0.4, 0.5) is 0 Å². The number of carbonyl (C=O) groups is 1. The fourth-order valence-electron chi connectivity index (χ4n) is 1.70. The minimum atomic E-state index is -0.628. The number of aliphatic hydroxyl groups is 1. The molecule has 0 bridgehead atoms. The predicted molar refractivity (Wildman–Crippen MR) is 67.2 cm³/mol. The fraction of sp³-hybridized carbons (Fsp3) is 0.462. The molecule has 2 unspecified atom stereocenters. The van der Waals surface area contributed by atoms with Crippen LogP contribution in [0.5, 0.6) is 0 Å². The van der Waals surface area contributed by atoms with Crippen LogP contribution in [0, 0.1) is 5.92 Å². The van der Waals surface area contributed by atoms with E-state index in [1.807, 2.05) is 44.2 Å². The molecule has 0 saturated carbocycles. The Labute approximate surface area is 102 Å². The minimum absolute atomic E-state index is 0.107. The van der Waals surface area contributed by atoms with Crippen molar-refractivity contribution in [3.63, 3.8) is 0 Å². The summed E-state index contributed by atoms with van der Waals surface area (Å²) in [5.41, 5.74) is 6.11. The van der Waals surface area contributed by atoms with Gasteiger partial charge in [0.1, 0.15) is 0 Å². The maximum atomic E-state index is 11.2. The van der Waals surface area contributed by atoms with Gasteiger partial charge in [-0.1, -0.05) is 44.2 Å². The van der Waals surface area contributed by atoms with Crippen molar-refractivity contribution < 1.29 is 9.90 Å². The van der Waals surface area contributed by atoms with E-state index in [2.05, 4.69) is 5.32 Å². The number of hydrogen-bond donors (Lipinski definition) is 3. The molecule has 17 heavy (non-hydrogen) atoms. The molecule has 2 atom stereocenters. The molecule has 0 saturated heterocycles. The SMILES string of the molecule is CC(C)C(NCC(O)c1ccccc1)C(N)=O. The van der Waals surface area contributed by atoms with Crippen molar-refractivity contribution in [2.24, 2.45) is 11.7 Å². The molecule has 4 heteroatoms. The normalized spacial score (nSPS) is 14.6. The lowest BCUT2D eigenvalue weighted by molar-refractivity contribution is -0.121. The van der Waals surface area contributed by atoms with E-state index in [0.29, 0.717) is 6.54 Å². The van der Waals surface area contributed by atoms with Crippen LogP contribution in [-0.4, -0.2) is 23.6 Å². The first-order valence-corrected chi connectivity index (χ1v) is 5.78. The van der Waals surface area contributed by atoms with Crippen LogP contribution in [-0.2, 0) is 4.79 Å². The molecule has 0 aliphatic carbocycles. The number of benzene rings is 1. The van der Waals surface area contributed by atoms with Crippen molar-refractivity contribution in [1.29, 1.82) is 0 Å². The number of amides is 1. The topological polar surface area (TPSA) is 75.3 Å². The lowest BCUT2D eigenvalue weighted by Crippen LogP contribution is -2.46. The van der Waals surface area contributed by atoms with Crippen LogP contribution < -0.4 is 11.1 Å². The van der Waals surface area contributed by atoms with Crippen LogP contribution in [0.2, 0.25) is 0 Å². The van der Waals surface area contributed by atoms with Crippen LogP contribution in [0.25, 0.3) is 0 Å². The highest BCUT2D eigenvalue weighted by Gasteiger charge is 2.20. The first-order valence-electron chi connectivity index (χ1n) is 5.78. The summed E-state index contributed by atoms with van der Waals surface area (Å²) < 4.78 is 0. The second kappa shape index (κ2) is 6.37. The largest absolute Gasteiger partial charge is 0.387 e. The summed E-state index contributed by atoms with van der Waals surface area (Å²) >= 11 is 0. The van der Waals surface area contributed by atoms with Crippen molar-refractivity contribution >= 4 is 5.91 Å². The van der Waals surface area contributed by atoms with Crippen LogP contribution in [0.3, 0.4) is 0 Å². The smallest absolute Gasteiger partial charge is 0.234 e. The van der Waals surface area contributed by atoms with Gasteiger partial charge < -0.3 is 16.2 Å². The van der Waals surface area contributed by atoms with Gasteiger partial charge in [-0.05, 0) is 11.5 Å². The summed E-state index contributed by atoms with van der Waals surface area (Å²) in [7, 11) is 0. The van der Waals surface area contributed by atoms with E-state index in [9.17, 15) is 9.90 Å². The maximum Gasteiger partial charge on any atom is 0.234 e. The Morgan fingerprint density at radius 1 is 1.35 bits per heavy atom. The van der Waals surface area contributed by atoms with Crippen molar-refractivity contribution in [2.45, 2.75) is 26.0 Å². The van der Waals surface area contributed by atoms with E-state index in [1.165, 1.54) is 0 Å². The van der Waals surface area contributed by atoms with Gasteiger partial charge in [-0.3, -0.25) is 4.79 Å². The average molecular weight is 236 g/mol. The molecule has 0 aromatic heterocycles. The molecule has 0 aliphatic heterocycles. The van der Waals surface area contributed by atoms with Gasteiger partial charge in [-0.2, -0.15) is 0 Å². The summed E-state index contributed by atoms with van der Waals surface area (Å²) in [4.78, 5) is 11.2. The third-order valence-corrected chi connectivity index (χ3v) is 2.69. The Balaban J connectivity index is 2.52. The Morgan fingerprint density at radius 2 is 1.94 bits per heavy atom. The van der Waals surface area contributed by atoms with Gasteiger partial charge >= 0.3 is 0 Å². The van der Waals surface area contributed by atoms with Crippen LogP contribution in [0.1, 0.15) is 25.5 Å². The van der Waals surface area contributed by atoms with Gasteiger partial charge in [0.2, 0.25) is 5.91 Å². The molecule has 1 rings (SSSR count). The molecule has 0 radical (unpaired) electrons. The van der Waals surface area contributed by atoms with Crippen molar-refractivity contribution in [1.82, 2.24) is 5.32 Å². The highest BCUT2D eigenvalue weighted by molar-refractivity contribution is 5.80. The number of nitrogens with one attached hydrogen (secondary N) is 1. The summed E-state index contributed by atoms with van der Waals surface area (Å²) in [6, 6.07) is 8.92. The highest BCUT2D eigenvalue weighted by atomic mass is 16.3. The van der Waals surface area contributed by atoms with E-state index in [1.54, 1.807) is 0 Å². The zero-order valence-corrected chi connectivity index (χ0v) is 10.3. The number of primary amides is 1. The number of carbonyl (C=O) groups excluding carboxylic acids is 1. The minimum Gasteiger partial charge on any atom is -0.387 e. The van der Waals surface area contributed by atoms with Gasteiger partial charge in [0, 0.05) is 6.54 Å². The van der Waals surface area contributed by atoms with Crippen molar-refractivity contribution in [3.8, 4) is 0 Å². The molecule has 0 heterocycles. The molecule has 1 amide bonds. The van der Waals surface area contributed by atoms with Crippen molar-refractivity contribution in [3.05, 3.63) is 35.9 Å². The third-order valence-electron chi connectivity index (χ3n) is 2.69. The fourth-order valence-corrected chi connectivity index (χ4v) is 1.70. The van der Waals surface area contributed by atoms with Gasteiger partial charge in [0.25, 0.3) is 0 Å². The number of aliphatic hydroxyl groups excluding tert-OH is 1. The Hall–Kier alpha value is -1.39. The zero-order valence-electron chi connectivity index (χ0n) is 10.3. The third kappa shape index (κ3) is 4.17. The summed E-state index contributed by atoms with van der Waals surface area (Å²) in [6.07, 6.45) is -0.628. The summed E-state index contributed by atoms with van der Waals surface area (Å²) in [5, 5.41) is 12.9. The molecule has 4 nitrogen and oxygen atoms in total. The van der Waals surface area contributed by atoms with E-state index in [0.717, 1.165) is 5.56 Å². The zero-order chi connectivity index (χ0) is 12.8. The first-order chi connectivity index (χ1) is 8.02. The quantitative estimate of drug-likeness (QED) is 0.684. The van der Waals surface area contributed by atoms with Gasteiger partial charge in [0.15, 0.2) is 0 Å². The monoisotopic (exact) mass is 236 g/mol. The summed E-state index contributed by atoms with van der Waals surface area (Å²) in [6.45, 7) is 4.14. The average Bonchev–Trinajstić information content (AvgIpc) is 2.29. The molecule has 0 spiro atoms. The molecular formula is C13H20N2O2.